The molecule has 0 radical (unpaired) electrons. The van der Waals surface area contributed by atoms with E-state index in [0.29, 0.717) is 0 Å². The molecule has 0 aliphatic rings. The minimum absolute atomic E-state index is 0.143. The van der Waals surface area contributed by atoms with Crippen molar-refractivity contribution in [3.8, 4) is 0 Å². The fourth-order valence-corrected chi connectivity index (χ4v) is 1.55. The maximum atomic E-state index is 11.2. The first-order valence-corrected chi connectivity index (χ1v) is 4.99. The highest BCUT2D eigenvalue weighted by Gasteiger charge is 2.24. The van der Waals surface area contributed by atoms with Crippen molar-refractivity contribution in [3.05, 3.63) is 0 Å². The maximum absolute atomic E-state index is 11.2. The molecule has 0 aromatic heterocycles. The van der Waals surface area contributed by atoms with Crippen molar-refractivity contribution >= 4 is 13.7 Å². The Balaban J connectivity index is 4.10. The first-order valence-electron chi connectivity index (χ1n) is 3.26. The van der Waals surface area contributed by atoms with Crippen LogP contribution in [0, 0.1) is 0 Å². The van der Waals surface area contributed by atoms with Gasteiger partial charge in [-0.15, -0.1) is 0 Å². The molecule has 0 aromatic rings. The molecule has 0 heterocycles. The van der Waals surface area contributed by atoms with Gasteiger partial charge < -0.3 is 10.3 Å². The zero-order chi connectivity index (χ0) is 8.91. The fraction of sp³-hybridized carbons (Fsp3) is 0.800. The Morgan fingerprint density at radius 3 is 2.36 bits per heavy atom. The number of carbonyl (C=O) groups excluding carboxylic acids is 1. The number of primary amides is 1. The topological polar surface area (TPSA) is 78.6 Å². The van der Waals surface area contributed by atoms with Gasteiger partial charge in [-0.3, -0.25) is 4.52 Å². The number of nitrogens with two attached hydrogens (primary N) is 1. The zero-order valence-electron chi connectivity index (χ0n) is 6.57. The van der Waals surface area contributed by atoms with E-state index in [1.165, 1.54) is 0 Å². The van der Waals surface area contributed by atoms with E-state index in [1.54, 1.807) is 13.8 Å². The molecule has 0 bridgehead atoms. The molecular weight excluding hydrogens is 169 g/mol. The third-order valence-electron chi connectivity index (χ3n) is 0.942. The van der Waals surface area contributed by atoms with Crippen molar-refractivity contribution in [2.75, 3.05) is 12.8 Å². The van der Waals surface area contributed by atoms with Crippen molar-refractivity contribution < 1.29 is 18.4 Å². The third-order valence-corrected chi connectivity index (χ3v) is 2.83. The van der Waals surface area contributed by atoms with E-state index >= 15 is 0 Å². The molecule has 5 nitrogen and oxygen atoms in total. The van der Waals surface area contributed by atoms with Crippen molar-refractivity contribution in [1.29, 1.82) is 0 Å². The van der Waals surface area contributed by atoms with E-state index in [2.05, 4.69) is 10.3 Å². The molecule has 6 heteroatoms. The second-order valence-electron chi connectivity index (χ2n) is 1.76. The van der Waals surface area contributed by atoms with Gasteiger partial charge in [0.25, 0.3) is 0 Å². The highest BCUT2D eigenvalue weighted by molar-refractivity contribution is 7.54. The molecule has 2 N–H and O–H groups in total. The van der Waals surface area contributed by atoms with Crippen LogP contribution in [0.5, 0.6) is 0 Å². The van der Waals surface area contributed by atoms with E-state index in [-0.39, 0.29) is 12.8 Å². The smallest absolute Gasteiger partial charge is 0.375 e. The Bertz CT molecular complexity index is 181. The van der Waals surface area contributed by atoms with Gasteiger partial charge in [0.15, 0.2) is 0 Å². The molecule has 0 aromatic carbocycles. The van der Waals surface area contributed by atoms with Crippen LogP contribution in [0.4, 0.5) is 4.79 Å². The molecule has 66 valence electrons. The molecule has 0 fully saturated rings. The Kier molecular flexibility index (Phi) is 4.15. The van der Waals surface area contributed by atoms with Crippen LogP contribution in [0.15, 0.2) is 0 Å². The second-order valence-corrected chi connectivity index (χ2v) is 4.05. The first kappa shape index (κ1) is 10.5. The first-order chi connectivity index (χ1) is 5.04. The van der Waals surface area contributed by atoms with Gasteiger partial charge in [0.1, 0.15) is 0 Å². The number of carbonyl (C=O) groups is 1. The molecule has 0 aliphatic heterocycles. The summed E-state index contributed by atoms with van der Waals surface area (Å²) >= 11 is 0. The van der Waals surface area contributed by atoms with Gasteiger partial charge in [0.2, 0.25) is 0 Å². The van der Waals surface area contributed by atoms with Crippen molar-refractivity contribution in [2.24, 2.45) is 5.73 Å². The maximum Gasteiger partial charge on any atom is 0.411 e. The Morgan fingerprint density at radius 1 is 1.55 bits per heavy atom. The van der Waals surface area contributed by atoms with Crippen LogP contribution in [0.1, 0.15) is 13.8 Å². The number of hydrogen-bond donors (Lipinski definition) is 1. The Labute approximate surface area is 65.4 Å². The van der Waals surface area contributed by atoms with E-state index in [0.717, 1.165) is 0 Å². The van der Waals surface area contributed by atoms with Crippen LogP contribution < -0.4 is 5.73 Å². The molecule has 0 saturated carbocycles. The standard InChI is InChI=1S/C5H12NO4P/c1-3-9-11(8,4-2)10-5(6)7/h3-4H2,1-2H3,(H2,6,7). The summed E-state index contributed by atoms with van der Waals surface area (Å²) in [4.78, 5) is 10.2. The molecule has 1 amide bonds. The van der Waals surface area contributed by atoms with Crippen LogP contribution in [-0.2, 0) is 13.6 Å². The largest absolute Gasteiger partial charge is 0.411 e. The van der Waals surface area contributed by atoms with Gasteiger partial charge >= 0.3 is 13.7 Å². The summed E-state index contributed by atoms with van der Waals surface area (Å²) in [6.07, 6.45) is -0.923. The van der Waals surface area contributed by atoms with E-state index in [4.69, 9.17) is 4.52 Å². The second kappa shape index (κ2) is 4.36. The predicted molar refractivity (Wildman–Crippen MR) is 40.4 cm³/mol. The fourth-order valence-electron chi connectivity index (χ4n) is 0.516. The summed E-state index contributed by atoms with van der Waals surface area (Å²) in [6, 6.07) is 0. The molecule has 1 atom stereocenters. The third kappa shape index (κ3) is 4.01. The molecule has 0 aliphatic carbocycles. The number of hydrogen-bond acceptors (Lipinski definition) is 4. The van der Waals surface area contributed by atoms with Gasteiger partial charge in [-0.1, -0.05) is 6.92 Å². The summed E-state index contributed by atoms with van der Waals surface area (Å²) in [7, 11) is -3.23. The van der Waals surface area contributed by atoms with E-state index in [9.17, 15) is 9.36 Å². The Hall–Kier alpha value is -0.540. The molecule has 1 unspecified atom stereocenters. The summed E-state index contributed by atoms with van der Waals surface area (Å²) < 4.78 is 20.3. The average Bonchev–Trinajstić information content (AvgIpc) is 1.87. The van der Waals surface area contributed by atoms with Crippen LogP contribution in [-0.4, -0.2) is 18.9 Å². The van der Waals surface area contributed by atoms with Crippen LogP contribution in [0.3, 0.4) is 0 Å². The lowest BCUT2D eigenvalue weighted by Crippen LogP contribution is -2.13. The average molecular weight is 181 g/mol. The van der Waals surface area contributed by atoms with Crippen molar-refractivity contribution in [1.82, 2.24) is 0 Å². The highest BCUT2D eigenvalue weighted by Crippen LogP contribution is 2.47. The van der Waals surface area contributed by atoms with Crippen LogP contribution >= 0.6 is 7.60 Å². The molecule has 0 saturated heterocycles. The lowest BCUT2D eigenvalue weighted by molar-refractivity contribution is 0.192. The van der Waals surface area contributed by atoms with Gasteiger partial charge in [0, 0.05) is 0 Å². The minimum atomic E-state index is -3.23. The van der Waals surface area contributed by atoms with Gasteiger partial charge in [-0.25, -0.2) is 9.36 Å². The summed E-state index contributed by atoms with van der Waals surface area (Å²) in [5, 5.41) is 0. The zero-order valence-corrected chi connectivity index (χ0v) is 7.47. The van der Waals surface area contributed by atoms with Gasteiger partial charge in [0.05, 0.1) is 12.8 Å². The molecule has 11 heavy (non-hydrogen) atoms. The molecular formula is C5H12NO4P. The molecule has 0 spiro atoms. The van der Waals surface area contributed by atoms with Gasteiger partial charge in [-0.05, 0) is 6.92 Å². The Morgan fingerprint density at radius 2 is 2.09 bits per heavy atom. The summed E-state index contributed by atoms with van der Waals surface area (Å²) in [5.41, 5.74) is 4.67. The van der Waals surface area contributed by atoms with Crippen LogP contribution in [0.25, 0.3) is 0 Å². The number of amides is 1. The molecule has 0 rings (SSSR count). The van der Waals surface area contributed by atoms with Gasteiger partial charge in [-0.2, -0.15) is 0 Å². The highest BCUT2D eigenvalue weighted by atomic mass is 31.2. The van der Waals surface area contributed by atoms with Crippen LogP contribution in [0.2, 0.25) is 0 Å². The van der Waals surface area contributed by atoms with Crippen molar-refractivity contribution in [3.63, 3.8) is 0 Å². The summed E-state index contributed by atoms with van der Waals surface area (Å²) in [6.45, 7) is 3.49. The van der Waals surface area contributed by atoms with E-state index < -0.39 is 13.7 Å². The lowest BCUT2D eigenvalue weighted by atomic mass is 10.9. The van der Waals surface area contributed by atoms with Crippen molar-refractivity contribution in [2.45, 2.75) is 13.8 Å². The summed E-state index contributed by atoms with van der Waals surface area (Å²) in [5.74, 6) is 0. The van der Waals surface area contributed by atoms with E-state index in [1.807, 2.05) is 0 Å². The predicted octanol–water partition coefficient (Wildman–Crippen LogP) is 1.33. The normalized spacial score (nSPS) is 15.5. The number of rotatable bonds is 4. The monoisotopic (exact) mass is 181 g/mol. The quantitative estimate of drug-likeness (QED) is 0.663. The SMILES string of the molecule is CCOP(=O)(CC)OC(N)=O. The minimum Gasteiger partial charge on any atom is -0.375 e. The lowest BCUT2D eigenvalue weighted by Gasteiger charge is -2.13.